The zero-order valence-electron chi connectivity index (χ0n) is 11.7. The summed E-state index contributed by atoms with van der Waals surface area (Å²) in [5.74, 6) is 0.695. The fourth-order valence-corrected chi connectivity index (χ4v) is 3.50. The Morgan fingerprint density at radius 2 is 2.21 bits per heavy atom. The van der Waals surface area contributed by atoms with Gasteiger partial charge in [-0.3, -0.25) is 9.58 Å². The molecule has 1 aliphatic heterocycles. The number of nitrogens with zero attached hydrogens (tertiary/aromatic N) is 3. The molecule has 1 aromatic heterocycles. The lowest BCUT2D eigenvalue weighted by Crippen LogP contribution is -2.41. The highest BCUT2D eigenvalue weighted by molar-refractivity contribution is 5.26. The van der Waals surface area contributed by atoms with Crippen LogP contribution in [0.1, 0.15) is 30.1 Å². The van der Waals surface area contributed by atoms with Crippen molar-refractivity contribution in [3.63, 3.8) is 0 Å². The lowest BCUT2D eigenvalue weighted by molar-refractivity contribution is 0.00801. The number of aryl methyl sites for hydroxylation is 1. The van der Waals surface area contributed by atoms with Crippen LogP contribution < -0.4 is 5.73 Å². The van der Waals surface area contributed by atoms with Crippen LogP contribution in [0.15, 0.2) is 6.20 Å². The number of hydrogen-bond acceptors (Lipinski definition) is 4. The largest absolute Gasteiger partial charge is 0.379 e. The molecule has 1 saturated heterocycles. The molecule has 0 aromatic carbocycles. The fraction of sp³-hybridized carbons (Fsp3) is 0.786. The first-order valence-corrected chi connectivity index (χ1v) is 7.32. The summed E-state index contributed by atoms with van der Waals surface area (Å²) in [5, 5.41) is 4.47. The van der Waals surface area contributed by atoms with E-state index in [-0.39, 0.29) is 0 Å². The molecule has 2 unspecified atom stereocenters. The standard InChI is InChI=1S/C14H24N4O/c1-17-13-8-11(2-3-15)9-14(12(13)10-16-17)18-4-6-19-7-5-18/h10-11,14H,2-9,15H2,1H3. The Labute approximate surface area is 114 Å². The Bertz CT molecular complexity index is 425. The maximum absolute atomic E-state index is 5.76. The first-order valence-electron chi connectivity index (χ1n) is 7.32. The monoisotopic (exact) mass is 264 g/mol. The van der Waals surface area contributed by atoms with Crippen LogP contribution in [0.25, 0.3) is 0 Å². The maximum atomic E-state index is 5.76. The Hall–Kier alpha value is -0.910. The topological polar surface area (TPSA) is 56.3 Å². The van der Waals surface area contributed by atoms with Crippen molar-refractivity contribution in [3.05, 3.63) is 17.5 Å². The van der Waals surface area contributed by atoms with Gasteiger partial charge in [0.15, 0.2) is 0 Å². The van der Waals surface area contributed by atoms with Crippen LogP contribution in [0, 0.1) is 5.92 Å². The number of hydrogen-bond donors (Lipinski definition) is 1. The van der Waals surface area contributed by atoms with Crippen molar-refractivity contribution < 1.29 is 4.74 Å². The molecule has 1 aliphatic carbocycles. The van der Waals surface area contributed by atoms with Gasteiger partial charge in [0.1, 0.15) is 0 Å². The minimum Gasteiger partial charge on any atom is -0.379 e. The number of rotatable bonds is 3. The van der Waals surface area contributed by atoms with Gasteiger partial charge in [-0.2, -0.15) is 5.10 Å². The molecule has 3 rings (SSSR count). The van der Waals surface area contributed by atoms with Gasteiger partial charge in [0, 0.05) is 37.4 Å². The molecule has 0 bridgehead atoms. The second-order valence-corrected chi connectivity index (χ2v) is 5.72. The highest BCUT2D eigenvalue weighted by Gasteiger charge is 2.33. The van der Waals surface area contributed by atoms with Crippen molar-refractivity contribution in [3.8, 4) is 0 Å². The van der Waals surface area contributed by atoms with Crippen LogP contribution in [0.3, 0.4) is 0 Å². The normalized spacial score (nSPS) is 28.3. The molecule has 0 spiro atoms. The van der Waals surface area contributed by atoms with Crippen LogP contribution in [0.2, 0.25) is 0 Å². The molecule has 0 radical (unpaired) electrons. The molecule has 19 heavy (non-hydrogen) atoms. The van der Waals surface area contributed by atoms with Gasteiger partial charge < -0.3 is 10.5 Å². The first-order chi connectivity index (χ1) is 9.29. The zero-order valence-corrected chi connectivity index (χ0v) is 11.7. The van der Waals surface area contributed by atoms with Gasteiger partial charge in [-0.05, 0) is 31.7 Å². The van der Waals surface area contributed by atoms with Crippen LogP contribution in [-0.2, 0) is 18.2 Å². The maximum Gasteiger partial charge on any atom is 0.0594 e. The predicted octanol–water partition coefficient (Wildman–Crippen LogP) is 0.705. The summed E-state index contributed by atoms with van der Waals surface area (Å²) < 4.78 is 7.52. The summed E-state index contributed by atoms with van der Waals surface area (Å²) in [4.78, 5) is 2.56. The SMILES string of the molecule is Cn1ncc2c1CC(CCN)CC2N1CCOCC1. The summed E-state index contributed by atoms with van der Waals surface area (Å²) in [5.41, 5.74) is 8.59. The second kappa shape index (κ2) is 5.61. The first kappa shape index (κ1) is 13.1. The number of morpholine rings is 1. The van der Waals surface area contributed by atoms with Crippen molar-refractivity contribution in [2.24, 2.45) is 18.7 Å². The van der Waals surface area contributed by atoms with Gasteiger partial charge in [0.05, 0.1) is 19.4 Å². The number of nitrogens with two attached hydrogens (primary N) is 1. The number of fused-ring (bicyclic) bond motifs is 1. The third kappa shape index (κ3) is 2.55. The van der Waals surface area contributed by atoms with E-state index in [0.717, 1.165) is 45.7 Å². The molecule has 1 fully saturated rings. The van der Waals surface area contributed by atoms with Crippen LogP contribution >= 0.6 is 0 Å². The minimum atomic E-state index is 0.512. The van der Waals surface area contributed by atoms with E-state index in [9.17, 15) is 0 Å². The Balaban J connectivity index is 1.84. The Morgan fingerprint density at radius 3 is 2.95 bits per heavy atom. The van der Waals surface area contributed by atoms with E-state index in [2.05, 4.69) is 23.2 Å². The quantitative estimate of drug-likeness (QED) is 0.873. The van der Waals surface area contributed by atoms with Gasteiger partial charge in [-0.25, -0.2) is 0 Å². The van der Waals surface area contributed by atoms with E-state index in [0.29, 0.717) is 12.0 Å². The lowest BCUT2D eigenvalue weighted by atomic mass is 9.81. The van der Waals surface area contributed by atoms with Crippen molar-refractivity contribution >= 4 is 0 Å². The summed E-state index contributed by atoms with van der Waals surface area (Å²) in [6.45, 7) is 4.57. The summed E-state index contributed by atoms with van der Waals surface area (Å²) in [6.07, 6.45) is 5.53. The van der Waals surface area contributed by atoms with Gasteiger partial charge in [-0.15, -0.1) is 0 Å². The smallest absolute Gasteiger partial charge is 0.0594 e. The van der Waals surface area contributed by atoms with E-state index >= 15 is 0 Å². The molecule has 2 N–H and O–H groups in total. The third-order valence-electron chi connectivity index (χ3n) is 4.55. The van der Waals surface area contributed by atoms with E-state index in [4.69, 9.17) is 10.5 Å². The number of ether oxygens (including phenoxy) is 1. The van der Waals surface area contributed by atoms with Crippen LogP contribution in [0.4, 0.5) is 0 Å². The van der Waals surface area contributed by atoms with Crippen molar-refractivity contribution in [2.75, 3.05) is 32.8 Å². The van der Waals surface area contributed by atoms with Gasteiger partial charge in [-0.1, -0.05) is 0 Å². The Kier molecular flexibility index (Phi) is 3.86. The second-order valence-electron chi connectivity index (χ2n) is 5.72. The van der Waals surface area contributed by atoms with Crippen LogP contribution in [0.5, 0.6) is 0 Å². The summed E-state index contributed by atoms with van der Waals surface area (Å²) in [7, 11) is 2.06. The number of aromatic nitrogens is 2. The Morgan fingerprint density at radius 1 is 1.42 bits per heavy atom. The van der Waals surface area contributed by atoms with Crippen molar-refractivity contribution in [1.82, 2.24) is 14.7 Å². The highest BCUT2D eigenvalue weighted by atomic mass is 16.5. The molecule has 2 heterocycles. The molecular weight excluding hydrogens is 240 g/mol. The van der Waals surface area contributed by atoms with E-state index < -0.39 is 0 Å². The van der Waals surface area contributed by atoms with Gasteiger partial charge in [0.25, 0.3) is 0 Å². The molecule has 0 amide bonds. The molecule has 0 saturated carbocycles. The van der Waals surface area contributed by atoms with E-state index in [1.807, 2.05) is 4.68 Å². The zero-order chi connectivity index (χ0) is 13.2. The van der Waals surface area contributed by atoms with Crippen molar-refractivity contribution in [2.45, 2.75) is 25.3 Å². The molecule has 106 valence electrons. The molecule has 2 aliphatic rings. The molecule has 2 atom stereocenters. The molecular formula is C14H24N4O. The lowest BCUT2D eigenvalue weighted by Gasteiger charge is -2.39. The fourth-order valence-electron chi connectivity index (χ4n) is 3.50. The average molecular weight is 264 g/mol. The molecule has 5 nitrogen and oxygen atoms in total. The minimum absolute atomic E-state index is 0.512. The summed E-state index contributed by atoms with van der Waals surface area (Å²) in [6, 6.07) is 0.512. The van der Waals surface area contributed by atoms with E-state index in [1.165, 1.54) is 17.7 Å². The summed E-state index contributed by atoms with van der Waals surface area (Å²) >= 11 is 0. The molecule has 1 aromatic rings. The average Bonchev–Trinajstić information content (AvgIpc) is 2.81. The van der Waals surface area contributed by atoms with Crippen LogP contribution in [-0.4, -0.2) is 47.5 Å². The third-order valence-corrected chi connectivity index (χ3v) is 4.55. The predicted molar refractivity (Wildman–Crippen MR) is 73.8 cm³/mol. The highest BCUT2D eigenvalue weighted by Crippen LogP contribution is 2.38. The van der Waals surface area contributed by atoms with Crippen molar-refractivity contribution in [1.29, 1.82) is 0 Å². The van der Waals surface area contributed by atoms with Gasteiger partial charge in [0.2, 0.25) is 0 Å². The van der Waals surface area contributed by atoms with E-state index in [1.54, 1.807) is 0 Å². The molecule has 5 heteroatoms. The van der Waals surface area contributed by atoms with Gasteiger partial charge >= 0.3 is 0 Å².